The summed E-state index contributed by atoms with van der Waals surface area (Å²) >= 11 is 1.35. The second kappa shape index (κ2) is 11.1. The number of carbonyl (C=O) groups is 1. The summed E-state index contributed by atoms with van der Waals surface area (Å²) in [6.07, 6.45) is 3.65. The summed E-state index contributed by atoms with van der Waals surface area (Å²) in [4.78, 5) is 12.2. The van der Waals surface area contributed by atoms with Crippen molar-refractivity contribution in [2.75, 3.05) is 5.75 Å². The van der Waals surface area contributed by atoms with E-state index in [-0.39, 0.29) is 17.1 Å². The lowest BCUT2D eigenvalue weighted by Crippen LogP contribution is -2.20. The van der Waals surface area contributed by atoms with Crippen LogP contribution in [0.15, 0.2) is 70.4 Å². The molecule has 0 atom stereocenters. The predicted octanol–water partition coefficient (Wildman–Crippen LogP) is 5.56. The first-order valence-corrected chi connectivity index (χ1v) is 12.0. The average Bonchev–Trinajstić information content (AvgIpc) is 3.21. The Morgan fingerprint density at radius 1 is 1.09 bits per heavy atom. The topological polar surface area (TPSA) is 72.2 Å². The molecule has 0 unspecified atom stereocenters. The fraction of sp³-hybridized carbons (Fsp3) is 0.308. The van der Waals surface area contributed by atoms with Crippen molar-refractivity contribution in [1.29, 1.82) is 0 Å². The lowest BCUT2D eigenvalue weighted by molar-refractivity contribution is -0.118. The van der Waals surface area contributed by atoms with E-state index in [2.05, 4.69) is 65.8 Å². The van der Waals surface area contributed by atoms with Crippen LogP contribution in [0, 0.1) is 0 Å². The van der Waals surface area contributed by atoms with Crippen LogP contribution in [0.4, 0.5) is 0 Å². The number of hydrogen-bond acceptors (Lipinski definition) is 5. The van der Waals surface area contributed by atoms with Gasteiger partial charge in [-0.2, -0.15) is 5.10 Å². The second-order valence-electron chi connectivity index (χ2n) is 8.76. The van der Waals surface area contributed by atoms with Crippen LogP contribution in [0.2, 0.25) is 0 Å². The van der Waals surface area contributed by atoms with Gasteiger partial charge in [0.2, 0.25) is 0 Å². The maximum atomic E-state index is 12.2. The number of thioether (sulfide) groups is 1. The van der Waals surface area contributed by atoms with Crippen LogP contribution in [0.5, 0.6) is 0 Å². The highest BCUT2D eigenvalue weighted by Gasteiger charge is 2.17. The van der Waals surface area contributed by atoms with Gasteiger partial charge in [0.25, 0.3) is 5.91 Å². The van der Waals surface area contributed by atoms with E-state index in [0.29, 0.717) is 5.16 Å². The van der Waals surface area contributed by atoms with E-state index in [4.69, 9.17) is 0 Å². The summed E-state index contributed by atoms with van der Waals surface area (Å²) in [5, 5.41) is 13.5. The summed E-state index contributed by atoms with van der Waals surface area (Å²) in [6.45, 7) is 11.3. The lowest BCUT2D eigenvalue weighted by atomic mass is 9.87. The standard InChI is InChI=1S/C26H31N5OS/c1-6-31-24(21-12-14-22(15-13-21)26(3,4)5)29-30-25(31)33-18-23(32)28-27-17-19(2)16-20-10-8-7-9-11-20/h7-17H,6,18H2,1-5H3,(H,28,32). The number of amides is 1. The minimum atomic E-state index is -0.189. The Kier molecular flexibility index (Phi) is 8.22. The molecule has 0 aliphatic carbocycles. The minimum Gasteiger partial charge on any atom is -0.302 e. The quantitative estimate of drug-likeness (QED) is 0.271. The molecule has 2 aromatic carbocycles. The molecule has 1 N–H and O–H groups in total. The normalized spacial score (nSPS) is 12.3. The van der Waals surface area contributed by atoms with Gasteiger partial charge in [-0.05, 0) is 36.0 Å². The van der Waals surface area contributed by atoms with Crippen LogP contribution in [-0.2, 0) is 16.8 Å². The van der Waals surface area contributed by atoms with Gasteiger partial charge >= 0.3 is 0 Å². The lowest BCUT2D eigenvalue weighted by Gasteiger charge is -2.19. The van der Waals surface area contributed by atoms with Crippen molar-refractivity contribution in [3.8, 4) is 11.4 Å². The van der Waals surface area contributed by atoms with E-state index in [1.54, 1.807) is 6.21 Å². The van der Waals surface area contributed by atoms with E-state index >= 15 is 0 Å². The SMILES string of the molecule is CCn1c(SCC(=O)NN=CC(C)=Cc2ccccc2)nnc1-c1ccc(C(C)(C)C)cc1. The van der Waals surface area contributed by atoms with Crippen LogP contribution in [-0.4, -0.2) is 32.6 Å². The van der Waals surface area contributed by atoms with E-state index in [9.17, 15) is 4.79 Å². The molecule has 3 rings (SSSR count). The summed E-state index contributed by atoms with van der Waals surface area (Å²) < 4.78 is 2.03. The van der Waals surface area contributed by atoms with Gasteiger partial charge in [0.1, 0.15) is 0 Å². The monoisotopic (exact) mass is 461 g/mol. The van der Waals surface area contributed by atoms with Gasteiger partial charge in [0, 0.05) is 12.1 Å². The van der Waals surface area contributed by atoms with E-state index < -0.39 is 0 Å². The molecule has 7 heteroatoms. The smallest absolute Gasteiger partial charge is 0.250 e. The largest absolute Gasteiger partial charge is 0.302 e. The first kappa shape index (κ1) is 24.5. The number of allylic oxidation sites excluding steroid dienone is 1. The fourth-order valence-corrected chi connectivity index (χ4v) is 4.03. The summed E-state index contributed by atoms with van der Waals surface area (Å²) in [5.74, 6) is 0.825. The van der Waals surface area contributed by atoms with Crippen LogP contribution in [0.1, 0.15) is 45.7 Å². The molecule has 172 valence electrons. The highest BCUT2D eigenvalue weighted by molar-refractivity contribution is 7.99. The number of nitrogens with zero attached hydrogens (tertiary/aromatic N) is 4. The highest BCUT2D eigenvalue weighted by Crippen LogP contribution is 2.27. The number of rotatable bonds is 8. The van der Waals surface area contributed by atoms with Crippen molar-refractivity contribution in [2.24, 2.45) is 5.10 Å². The Labute approximate surface area is 200 Å². The maximum absolute atomic E-state index is 12.2. The second-order valence-corrected chi connectivity index (χ2v) is 9.70. The number of hydrogen-bond donors (Lipinski definition) is 1. The summed E-state index contributed by atoms with van der Waals surface area (Å²) in [5.41, 5.74) is 7.00. The molecule has 0 fully saturated rings. The molecule has 0 saturated carbocycles. The van der Waals surface area contributed by atoms with Crippen molar-refractivity contribution in [1.82, 2.24) is 20.2 Å². The van der Waals surface area contributed by atoms with Gasteiger partial charge in [0.05, 0.1) is 12.0 Å². The molecule has 6 nitrogen and oxygen atoms in total. The average molecular weight is 462 g/mol. The molecule has 0 spiro atoms. The van der Waals surface area contributed by atoms with Crippen molar-refractivity contribution in [3.63, 3.8) is 0 Å². The third-order valence-electron chi connectivity index (χ3n) is 5.03. The minimum absolute atomic E-state index is 0.101. The molecule has 0 aliphatic rings. The Morgan fingerprint density at radius 3 is 2.42 bits per heavy atom. The first-order valence-electron chi connectivity index (χ1n) is 11.0. The summed E-state index contributed by atoms with van der Waals surface area (Å²) in [6, 6.07) is 18.4. The molecule has 0 saturated heterocycles. The number of aromatic nitrogens is 3. The Bertz CT molecular complexity index is 1130. The molecule has 3 aromatic rings. The van der Waals surface area contributed by atoms with Gasteiger partial charge in [0.15, 0.2) is 11.0 Å². The van der Waals surface area contributed by atoms with Gasteiger partial charge in [-0.3, -0.25) is 4.79 Å². The van der Waals surface area contributed by atoms with Crippen LogP contribution >= 0.6 is 11.8 Å². The summed E-state index contributed by atoms with van der Waals surface area (Å²) in [7, 11) is 0. The molecular formula is C26H31N5OS. The van der Waals surface area contributed by atoms with Crippen molar-refractivity contribution >= 4 is 30.0 Å². The number of carbonyl (C=O) groups excluding carboxylic acids is 1. The molecular weight excluding hydrogens is 430 g/mol. The molecule has 1 aromatic heterocycles. The number of hydrazone groups is 1. The predicted molar refractivity (Wildman–Crippen MR) is 137 cm³/mol. The van der Waals surface area contributed by atoms with Gasteiger partial charge in [-0.15, -0.1) is 10.2 Å². The number of nitrogens with one attached hydrogen (secondary N) is 1. The molecule has 1 amide bonds. The fourth-order valence-electron chi connectivity index (χ4n) is 3.23. The molecule has 0 aliphatic heterocycles. The van der Waals surface area contributed by atoms with Crippen molar-refractivity contribution < 1.29 is 4.79 Å². The van der Waals surface area contributed by atoms with Crippen LogP contribution in [0.25, 0.3) is 17.5 Å². The molecule has 0 bridgehead atoms. The Morgan fingerprint density at radius 2 is 1.79 bits per heavy atom. The van der Waals surface area contributed by atoms with E-state index in [1.165, 1.54) is 17.3 Å². The highest BCUT2D eigenvalue weighted by atomic mass is 32.2. The van der Waals surface area contributed by atoms with Crippen molar-refractivity contribution in [2.45, 2.75) is 51.7 Å². The Hall–Kier alpha value is -3.19. The zero-order valence-corrected chi connectivity index (χ0v) is 20.7. The van der Waals surface area contributed by atoms with Crippen molar-refractivity contribution in [3.05, 3.63) is 71.3 Å². The van der Waals surface area contributed by atoms with Crippen LogP contribution < -0.4 is 5.43 Å². The van der Waals surface area contributed by atoms with E-state index in [1.807, 2.05) is 54.8 Å². The first-order chi connectivity index (χ1) is 15.8. The van der Waals surface area contributed by atoms with Gasteiger partial charge in [-0.25, -0.2) is 5.43 Å². The van der Waals surface area contributed by atoms with Gasteiger partial charge in [-0.1, -0.05) is 93.2 Å². The third kappa shape index (κ3) is 6.89. The molecule has 1 heterocycles. The molecule has 0 radical (unpaired) electrons. The van der Waals surface area contributed by atoms with E-state index in [0.717, 1.165) is 29.1 Å². The van der Waals surface area contributed by atoms with Crippen LogP contribution in [0.3, 0.4) is 0 Å². The zero-order valence-electron chi connectivity index (χ0n) is 19.9. The zero-order chi connectivity index (χ0) is 23.8. The van der Waals surface area contributed by atoms with Gasteiger partial charge < -0.3 is 4.57 Å². The number of benzene rings is 2. The maximum Gasteiger partial charge on any atom is 0.250 e. The third-order valence-corrected chi connectivity index (χ3v) is 5.99. The molecule has 33 heavy (non-hydrogen) atoms. The Balaban J connectivity index is 1.58.